The van der Waals surface area contributed by atoms with Crippen LogP contribution in [0, 0.1) is 20.8 Å². The summed E-state index contributed by atoms with van der Waals surface area (Å²) in [6, 6.07) is 3.77. The van der Waals surface area contributed by atoms with Crippen molar-refractivity contribution < 1.29 is 9.90 Å². The summed E-state index contributed by atoms with van der Waals surface area (Å²) in [5.41, 5.74) is 3.20. The van der Waals surface area contributed by atoms with E-state index in [1.54, 1.807) is 0 Å². The van der Waals surface area contributed by atoms with E-state index in [1.807, 2.05) is 32.9 Å². The number of carboxylic acid groups (broad SMARTS) is 1. The van der Waals surface area contributed by atoms with E-state index in [0.717, 1.165) is 16.7 Å². The average Bonchev–Trinajstić information content (AvgIpc) is 1.82. The van der Waals surface area contributed by atoms with E-state index >= 15 is 0 Å². The Morgan fingerprint density at radius 3 is 1.85 bits per heavy atom. The molecule has 0 aliphatic heterocycles. The summed E-state index contributed by atoms with van der Waals surface area (Å²) >= 11 is 0. The molecule has 0 spiro atoms. The van der Waals surface area contributed by atoms with Gasteiger partial charge >= 0.3 is 5.97 Å². The van der Waals surface area contributed by atoms with Crippen molar-refractivity contribution in [2.75, 3.05) is 0 Å². The van der Waals surface area contributed by atoms with Crippen LogP contribution in [0.5, 0.6) is 0 Å². The fourth-order valence-electron chi connectivity index (χ4n) is 1.52. The number of aromatic carboxylic acids is 1. The molecule has 3 heteroatoms. The number of hydrogen-bond acceptors (Lipinski definition) is 1. The second kappa shape index (κ2) is 5.27. The predicted molar refractivity (Wildman–Crippen MR) is 53.4 cm³/mol. The third-order valence-electron chi connectivity index (χ3n) is 1.89. The van der Waals surface area contributed by atoms with Crippen molar-refractivity contribution in [2.45, 2.75) is 20.8 Å². The molecule has 0 aromatic heterocycles. The van der Waals surface area contributed by atoms with Crippen LogP contribution in [-0.2, 0) is 0 Å². The molecule has 0 aliphatic carbocycles. The number of aryl methyl sites for hydroxylation is 3. The Kier molecular flexibility index (Phi) is 5.40. The normalized spacial score (nSPS) is 9.15. The van der Waals surface area contributed by atoms with E-state index in [0.29, 0.717) is 5.56 Å². The van der Waals surface area contributed by atoms with Crippen LogP contribution in [0.15, 0.2) is 12.1 Å². The van der Waals surface area contributed by atoms with Crippen molar-refractivity contribution in [3.63, 3.8) is 0 Å². The largest absolute Gasteiger partial charge is 0.478 e. The second-order valence-corrected chi connectivity index (χ2v) is 3.08. The SMILES string of the molecule is Cc1cc(C)c(C(=O)O)c(C)c1.[K]. The molecule has 1 N–H and O–H groups in total. The van der Waals surface area contributed by atoms with Gasteiger partial charge in [-0.3, -0.25) is 0 Å². The van der Waals surface area contributed by atoms with Crippen LogP contribution >= 0.6 is 0 Å². The van der Waals surface area contributed by atoms with Gasteiger partial charge in [0.15, 0.2) is 0 Å². The molecule has 0 bridgehead atoms. The molecular formula is C10H12KO2. The zero-order chi connectivity index (χ0) is 9.30. The molecule has 65 valence electrons. The number of carbonyl (C=O) groups is 1. The van der Waals surface area contributed by atoms with Gasteiger partial charge in [0.2, 0.25) is 0 Å². The minimum Gasteiger partial charge on any atom is -0.478 e. The van der Waals surface area contributed by atoms with E-state index in [2.05, 4.69) is 0 Å². The first-order chi connectivity index (χ1) is 5.52. The maximum Gasteiger partial charge on any atom is 0.336 e. The van der Waals surface area contributed by atoms with Crippen LogP contribution < -0.4 is 0 Å². The van der Waals surface area contributed by atoms with E-state index < -0.39 is 5.97 Å². The van der Waals surface area contributed by atoms with Crippen LogP contribution in [0.4, 0.5) is 0 Å². The van der Waals surface area contributed by atoms with E-state index in [-0.39, 0.29) is 51.4 Å². The summed E-state index contributed by atoms with van der Waals surface area (Å²) in [6.07, 6.45) is 0. The Balaban J connectivity index is 0.00000144. The Morgan fingerprint density at radius 2 is 1.54 bits per heavy atom. The van der Waals surface area contributed by atoms with Gasteiger partial charge < -0.3 is 5.11 Å². The quantitative estimate of drug-likeness (QED) is 0.708. The minimum absolute atomic E-state index is 0. The monoisotopic (exact) mass is 203 g/mol. The van der Waals surface area contributed by atoms with Crippen molar-refractivity contribution in [1.82, 2.24) is 0 Å². The van der Waals surface area contributed by atoms with Crippen LogP contribution in [0.2, 0.25) is 0 Å². The van der Waals surface area contributed by atoms with Gasteiger partial charge in [0.05, 0.1) is 5.56 Å². The van der Waals surface area contributed by atoms with Gasteiger partial charge in [0.1, 0.15) is 0 Å². The van der Waals surface area contributed by atoms with Crippen LogP contribution in [0.1, 0.15) is 27.0 Å². The number of benzene rings is 1. The predicted octanol–water partition coefficient (Wildman–Crippen LogP) is 1.93. The molecular weight excluding hydrogens is 191 g/mol. The number of rotatable bonds is 1. The van der Waals surface area contributed by atoms with Crippen LogP contribution in [0.3, 0.4) is 0 Å². The van der Waals surface area contributed by atoms with Crippen molar-refractivity contribution in [3.8, 4) is 0 Å². The first-order valence-electron chi connectivity index (χ1n) is 3.83. The average molecular weight is 203 g/mol. The molecule has 0 unspecified atom stereocenters. The topological polar surface area (TPSA) is 37.3 Å². The zero-order valence-corrected chi connectivity index (χ0v) is 11.6. The molecule has 1 rings (SSSR count). The first-order valence-corrected chi connectivity index (χ1v) is 3.83. The molecule has 1 aromatic rings. The van der Waals surface area contributed by atoms with Crippen molar-refractivity contribution in [2.24, 2.45) is 0 Å². The Labute approximate surface area is 121 Å². The van der Waals surface area contributed by atoms with Gasteiger partial charge in [-0.25, -0.2) is 4.79 Å². The van der Waals surface area contributed by atoms with Gasteiger partial charge in [-0.2, -0.15) is 0 Å². The molecule has 0 fully saturated rings. The fourth-order valence-corrected chi connectivity index (χ4v) is 1.52. The smallest absolute Gasteiger partial charge is 0.336 e. The van der Waals surface area contributed by atoms with Gasteiger partial charge in [-0.05, 0) is 31.9 Å². The summed E-state index contributed by atoms with van der Waals surface area (Å²) in [5, 5.41) is 8.84. The molecule has 0 saturated carbocycles. The van der Waals surface area contributed by atoms with E-state index in [4.69, 9.17) is 5.11 Å². The minimum atomic E-state index is -0.843. The maximum absolute atomic E-state index is 10.8. The maximum atomic E-state index is 10.8. The van der Waals surface area contributed by atoms with Crippen LogP contribution in [0.25, 0.3) is 0 Å². The zero-order valence-electron chi connectivity index (χ0n) is 8.51. The third-order valence-corrected chi connectivity index (χ3v) is 1.89. The molecule has 0 saturated heterocycles. The fraction of sp³-hybridized carbons (Fsp3) is 0.300. The Morgan fingerprint density at radius 1 is 1.15 bits per heavy atom. The Bertz CT molecular complexity index is 309. The number of hydrogen-bond donors (Lipinski definition) is 1. The third kappa shape index (κ3) is 3.18. The standard InChI is InChI=1S/C10H12O2.K/c1-6-4-7(2)9(10(11)12)8(3)5-6;/h4-5H,1-3H3,(H,11,12);. The molecule has 2 nitrogen and oxygen atoms in total. The second-order valence-electron chi connectivity index (χ2n) is 3.08. The first kappa shape index (κ1) is 13.3. The summed E-state index contributed by atoms with van der Waals surface area (Å²) in [4.78, 5) is 10.8. The molecule has 13 heavy (non-hydrogen) atoms. The van der Waals surface area contributed by atoms with Crippen LogP contribution in [-0.4, -0.2) is 62.5 Å². The summed E-state index contributed by atoms with van der Waals surface area (Å²) in [7, 11) is 0. The summed E-state index contributed by atoms with van der Waals surface area (Å²) in [6.45, 7) is 5.61. The van der Waals surface area contributed by atoms with Gasteiger partial charge in [0.25, 0.3) is 0 Å². The Hall–Kier alpha value is 0.326. The summed E-state index contributed by atoms with van der Waals surface area (Å²) < 4.78 is 0. The molecule has 0 aliphatic rings. The molecule has 1 aromatic carbocycles. The van der Waals surface area contributed by atoms with Gasteiger partial charge in [-0.1, -0.05) is 17.7 Å². The molecule has 0 heterocycles. The van der Waals surface area contributed by atoms with Crippen molar-refractivity contribution in [1.29, 1.82) is 0 Å². The molecule has 0 atom stereocenters. The van der Waals surface area contributed by atoms with Crippen molar-refractivity contribution in [3.05, 3.63) is 34.4 Å². The molecule has 0 amide bonds. The van der Waals surface area contributed by atoms with E-state index in [9.17, 15) is 4.79 Å². The van der Waals surface area contributed by atoms with Crippen molar-refractivity contribution >= 4 is 57.4 Å². The summed E-state index contributed by atoms with van der Waals surface area (Å²) in [5.74, 6) is -0.843. The van der Waals surface area contributed by atoms with Gasteiger partial charge in [-0.15, -0.1) is 0 Å². The number of carboxylic acids is 1. The molecule has 1 radical (unpaired) electrons. The van der Waals surface area contributed by atoms with Gasteiger partial charge in [0, 0.05) is 51.4 Å². The van der Waals surface area contributed by atoms with E-state index in [1.165, 1.54) is 0 Å².